The molecule has 6 nitrogen and oxygen atoms in total. The molecule has 90 valence electrons. The fraction of sp³-hybridized carbons (Fsp3) is 0.455. The van der Waals surface area contributed by atoms with Crippen LogP contribution in [0.25, 0.3) is 11.7 Å². The highest BCUT2D eigenvalue weighted by atomic mass is 16.5. The van der Waals surface area contributed by atoms with Crippen LogP contribution in [0.4, 0.5) is 0 Å². The molecule has 3 rings (SSSR count). The average molecular weight is 235 g/mol. The molecule has 3 heterocycles. The molecule has 0 bridgehead atoms. The third-order valence-corrected chi connectivity index (χ3v) is 2.63. The Kier molecular flexibility index (Phi) is 2.66. The maximum Gasteiger partial charge on any atom is 0.293 e. The number of morpholine rings is 1. The first-order valence-corrected chi connectivity index (χ1v) is 5.54. The van der Waals surface area contributed by atoms with Gasteiger partial charge in [0.25, 0.3) is 5.89 Å². The first kappa shape index (κ1) is 10.5. The maximum absolute atomic E-state index is 5.42. The van der Waals surface area contributed by atoms with Crippen LogP contribution < -0.4 is 5.32 Å². The fourth-order valence-electron chi connectivity index (χ4n) is 1.76. The summed E-state index contributed by atoms with van der Waals surface area (Å²) in [6.45, 7) is 3.96. The SMILES string of the molecule is Cc1ccc(-c2nc(C3COCCN3)no2)o1. The van der Waals surface area contributed by atoms with Crippen LogP contribution in [0.2, 0.25) is 0 Å². The van der Waals surface area contributed by atoms with Gasteiger partial charge < -0.3 is 19.0 Å². The summed E-state index contributed by atoms with van der Waals surface area (Å²) in [4.78, 5) is 4.30. The smallest absolute Gasteiger partial charge is 0.293 e. The molecule has 1 N–H and O–H groups in total. The normalized spacial score (nSPS) is 20.6. The molecule has 1 aliphatic rings. The van der Waals surface area contributed by atoms with Crippen LogP contribution in [0.5, 0.6) is 0 Å². The van der Waals surface area contributed by atoms with E-state index in [1.54, 1.807) is 0 Å². The second-order valence-electron chi connectivity index (χ2n) is 3.95. The molecular formula is C11H13N3O3. The van der Waals surface area contributed by atoms with Crippen molar-refractivity contribution in [2.75, 3.05) is 19.8 Å². The quantitative estimate of drug-likeness (QED) is 0.845. The predicted molar refractivity (Wildman–Crippen MR) is 58.3 cm³/mol. The van der Waals surface area contributed by atoms with Gasteiger partial charge in [0.15, 0.2) is 11.6 Å². The molecule has 0 amide bonds. The molecule has 1 saturated heterocycles. The van der Waals surface area contributed by atoms with Crippen LogP contribution in [0, 0.1) is 6.92 Å². The average Bonchev–Trinajstić information content (AvgIpc) is 2.98. The minimum atomic E-state index is -0.00249. The lowest BCUT2D eigenvalue weighted by atomic mass is 10.2. The Hall–Kier alpha value is -1.66. The monoisotopic (exact) mass is 235 g/mol. The molecule has 0 saturated carbocycles. The van der Waals surface area contributed by atoms with Gasteiger partial charge in [-0.1, -0.05) is 5.16 Å². The second-order valence-corrected chi connectivity index (χ2v) is 3.95. The van der Waals surface area contributed by atoms with Crippen molar-refractivity contribution in [1.82, 2.24) is 15.5 Å². The van der Waals surface area contributed by atoms with Gasteiger partial charge in [-0.15, -0.1) is 0 Å². The first-order valence-electron chi connectivity index (χ1n) is 5.54. The van der Waals surface area contributed by atoms with Crippen LogP contribution in [-0.2, 0) is 4.74 Å². The van der Waals surface area contributed by atoms with Crippen molar-refractivity contribution in [1.29, 1.82) is 0 Å². The topological polar surface area (TPSA) is 73.3 Å². The van der Waals surface area contributed by atoms with Gasteiger partial charge in [0.1, 0.15) is 5.76 Å². The van der Waals surface area contributed by atoms with E-state index < -0.39 is 0 Å². The third-order valence-electron chi connectivity index (χ3n) is 2.63. The molecule has 2 aromatic heterocycles. The van der Waals surface area contributed by atoms with Gasteiger partial charge in [-0.2, -0.15) is 4.98 Å². The highest BCUT2D eigenvalue weighted by Gasteiger charge is 2.22. The van der Waals surface area contributed by atoms with E-state index in [1.807, 2.05) is 19.1 Å². The van der Waals surface area contributed by atoms with Gasteiger partial charge in [0, 0.05) is 6.54 Å². The minimum absolute atomic E-state index is 0.00249. The third kappa shape index (κ3) is 2.09. The molecule has 1 atom stereocenters. The Bertz CT molecular complexity index is 500. The van der Waals surface area contributed by atoms with E-state index in [0.717, 1.165) is 18.9 Å². The van der Waals surface area contributed by atoms with Gasteiger partial charge in [-0.25, -0.2) is 0 Å². The zero-order chi connectivity index (χ0) is 11.7. The summed E-state index contributed by atoms with van der Waals surface area (Å²) in [5.74, 6) is 2.42. The van der Waals surface area contributed by atoms with Crippen molar-refractivity contribution in [2.45, 2.75) is 13.0 Å². The summed E-state index contributed by atoms with van der Waals surface area (Å²) < 4.78 is 15.9. The Balaban J connectivity index is 1.82. The number of aromatic nitrogens is 2. The van der Waals surface area contributed by atoms with E-state index in [9.17, 15) is 0 Å². The highest BCUT2D eigenvalue weighted by molar-refractivity contribution is 5.44. The van der Waals surface area contributed by atoms with E-state index in [0.29, 0.717) is 24.1 Å². The zero-order valence-electron chi connectivity index (χ0n) is 9.47. The number of nitrogens with one attached hydrogen (secondary N) is 1. The summed E-state index contributed by atoms with van der Waals surface area (Å²) in [7, 11) is 0. The number of ether oxygens (including phenoxy) is 1. The molecule has 0 spiro atoms. The molecule has 0 aromatic carbocycles. The van der Waals surface area contributed by atoms with Crippen molar-refractivity contribution in [2.24, 2.45) is 0 Å². The first-order chi connectivity index (χ1) is 8.33. The molecule has 1 unspecified atom stereocenters. The molecule has 1 fully saturated rings. The Morgan fingerprint density at radius 3 is 3.06 bits per heavy atom. The number of hydrogen-bond donors (Lipinski definition) is 1. The van der Waals surface area contributed by atoms with Crippen LogP contribution in [-0.4, -0.2) is 29.9 Å². The highest BCUT2D eigenvalue weighted by Crippen LogP contribution is 2.22. The van der Waals surface area contributed by atoms with E-state index in [1.165, 1.54) is 0 Å². The lowest BCUT2D eigenvalue weighted by Crippen LogP contribution is -2.35. The molecule has 17 heavy (non-hydrogen) atoms. The lowest BCUT2D eigenvalue weighted by molar-refractivity contribution is 0.0734. The van der Waals surface area contributed by atoms with E-state index in [2.05, 4.69) is 15.5 Å². The number of hydrogen-bond acceptors (Lipinski definition) is 6. The molecule has 6 heteroatoms. The fourth-order valence-corrected chi connectivity index (χ4v) is 1.76. The Morgan fingerprint density at radius 2 is 2.35 bits per heavy atom. The lowest BCUT2D eigenvalue weighted by Gasteiger charge is -2.20. The molecule has 2 aromatic rings. The zero-order valence-corrected chi connectivity index (χ0v) is 9.47. The Morgan fingerprint density at radius 1 is 1.41 bits per heavy atom. The van der Waals surface area contributed by atoms with Crippen LogP contribution in [0.1, 0.15) is 17.6 Å². The van der Waals surface area contributed by atoms with Crippen LogP contribution >= 0.6 is 0 Å². The predicted octanol–water partition coefficient (Wildman–Crippen LogP) is 1.30. The van der Waals surface area contributed by atoms with Crippen LogP contribution in [0.15, 0.2) is 21.1 Å². The number of aryl methyl sites for hydroxylation is 1. The summed E-state index contributed by atoms with van der Waals surface area (Å²) in [6.07, 6.45) is 0. The van der Waals surface area contributed by atoms with Gasteiger partial charge in [0.05, 0.1) is 19.3 Å². The summed E-state index contributed by atoms with van der Waals surface area (Å²) in [5.41, 5.74) is 0. The van der Waals surface area contributed by atoms with Gasteiger partial charge >= 0.3 is 0 Å². The summed E-state index contributed by atoms with van der Waals surface area (Å²) in [6, 6.07) is 3.68. The van der Waals surface area contributed by atoms with Crippen LogP contribution in [0.3, 0.4) is 0 Å². The molecular weight excluding hydrogens is 222 g/mol. The van der Waals surface area contributed by atoms with E-state index >= 15 is 0 Å². The van der Waals surface area contributed by atoms with Gasteiger partial charge in [-0.3, -0.25) is 0 Å². The second kappa shape index (κ2) is 4.31. The van der Waals surface area contributed by atoms with Crippen molar-refractivity contribution < 1.29 is 13.7 Å². The van der Waals surface area contributed by atoms with Gasteiger partial charge in [0.2, 0.25) is 0 Å². The number of nitrogens with zero attached hydrogens (tertiary/aromatic N) is 2. The molecule has 0 radical (unpaired) electrons. The van der Waals surface area contributed by atoms with Crippen molar-refractivity contribution in [3.05, 3.63) is 23.7 Å². The summed E-state index contributed by atoms with van der Waals surface area (Å²) >= 11 is 0. The number of rotatable bonds is 2. The van der Waals surface area contributed by atoms with Gasteiger partial charge in [-0.05, 0) is 19.1 Å². The largest absolute Gasteiger partial charge is 0.456 e. The van der Waals surface area contributed by atoms with E-state index in [4.69, 9.17) is 13.7 Å². The Labute approximate surface area is 98.0 Å². The summed E-state index contributed by atoms with van der Waals surface area (Å²) in [5, 5.41) is 7.20. The van der Waals surface area contributed by atoms with Crippen molar-refractivity contribution >= 4 is 0 Å². The minimum Gasteiger partial charge on any atom is -0.456 e. The standard InChI is InChI=1S/C11H13N3O3/c1-7-2-3-9(16-7)11-13-10(14-17-11)8-6-15-5-4-12-8/h2-3,8,12H,4-6H2,1H3. The van der Waals surface area contributed by atoms with E-state index in [-0.39, 0.29) is 6.04 Å². The molecule has 0 aliphatic carbocycles. The maximum atomic E-state index is 5.42. The molecule has 1 aliphatic heterocycles. The number of furan rings is 1. The van der Waals surface area contributed by atoms with Crippen molar-refractivity contribution in [3.63, 3.8) is 0 Å². The van der Waals surface area contributed by atoms with Crippen molar-refractivity contribution in [3.8, 4) is 11.7 Å².